The van der Waals surface area contributed by atoms with Gasteiger partial charge in [0, 0.05) is 5.56 Å². The lowest BCUT2D eigenvalue weighted by Gasteiger charge is -2.42. The Morgan fingerprint density at radius 3 is 1.96 bits per heavy atom. The first-order valence-corrected chi connectivity index (χ1v) is 9.17. The van der Waals surface area contributed by atoms with Gasteiger partial charge in [0.15, 0.2) is 5.69 Å². The van der Waals surface area contributed by atoms with Gasteiger partial charge in [0.25, 0.3) is 0 Å². The third kappa shape index (κ3) is 3.38. The van der Waals surface area contributed by atoms with Gasteiger partial charge in [0.2, 0.25) is 5.78 Å². The van der Waals surface area contributed by atoms with Crippen molar-refractivity contribution in [2.75, 3.05) is 7.11 Å². The molecule has 5 heteroatoms. The van der Waals surface area contributed by atoms with Crippen LogP contribution in [0, 0.1) is 6.92 Å². The summed E-state index contributed by atoms with van der Waals surface area (Å²) >= 11 is 0. The van der Waals surface area contributed by atoms with Gasteiger partial charge in [-0.25, -0.2) is 14.8 Å². The largest absolute Gasteiger partial charge is 0.464 e. The molecule has 5 nitrogen and oxygen atoms in total. The molecule has 0 amide bonds. The number of benzene rings is 1. The van der Waals surface area contributed by atoms with E-state index in [1.54, 1.807) is 0 Å². The number of rotatable bonds is 3. The zero-order valence-corrected chi connectivity index (χ0v) is 16.8. The lowest BCUT2D eigenvalue weighted by Crippen LogP contribution is -2.34. The van der Waals surface area contributed by atoms with Crippen LogP contribution in [0.4, 0.5) is 0 Å². The molecular weight excluding hydrogens is 340 g/mol. The van der Waals surface area contributed by atoms with Gasteiger partial charge in [-0.3, -0.25) is 4.79 Å². The molecule has 1 aromatic carbocycles. The number of esters is 1. The maximum atomic E-state index is 13.1. The number of methoxy groups -OCH3 is 1. The van der Waals surface area contributed by atoms with Crippen LogP contribution in [0.15, 0.2) is 24.5 Å². The SMILES string of the molecule is COC(=O)c1cnc(C(=O)c2cc3c(cc2C)C(C)(C)CCC3(C)C)cn1. The molecule has 142 valence electrons. The van der Waals surface area contributed by atoms with Gasteiger partial charge in [0.05, 0.1) is 19.5 Å². The highest BCUT2D eigenvalue weighted by molar-refractivity contribution is 6.08. The van der Waals surface area contributed by atoms with Crippen LogP contribution in [0.2, 0.25) is 0 Å². The summed E-state index contributed by atoms with van der Waals surface area (Å²) in [4.78, 5) is 32.7. The van der Waals surface area contributed by atoms with Crippen molar-refractivity contribution in [2.45, 2.75) is 58.3 Å². The van der Waals surface area contributed by atoms with Gasteiger partial charge in [-0.1, -0.05) is 33.8 Å². The van der Waals surface area contributed by atoms with Crippen molar-refractivity contribution in [3.63, 3.8) is 0 Å². The molecule has 27 heavy (non-hydrogen) atoms. The Hall–Kier alpha value is -2.56. The monoisotopic (exact) mass is 366 g/mol. The molecule has 1 aromatic heterocycles. The van der Waals surface area contributed by atoms with Gasteiger partial charge in [-0.05, 0) is 53.4 Å². The van der Waals surface area contributed by atoms with E-state index in [9.17, 15) is 9.59 Å². The summed E-state index contributed by atoms with van der Waals surface area (Å²) in [5, 5.41) is 0. The zero-order chi connectivity index (χ0) is 20.0. The zero-order valence-electron chi connectivity index (χ0n) is 16.8. The van der Waals surface area contributed by atoms with Gasteiger partial charge < -0.3 is 4.74 Å². The van der Waals surface area contributed by atoms with Crippen LogP contribution in [0.25, 0.3) is 0 Å². The number of hydrogen-bond donors (Lipinski definition) is 0. The molecule has 0 bridgehead atoms. The van der Waals surface area contributed by atoms with Crippen molar-refractivity contribution >= 4 is 11.8 Å². The Kier molecular flexibility index (Phi) is 4.66. The molecule has 0 atom stereocenters. The van der Waals surface area contributed by atoms with E-state index < -0.39 is 5.97 Å². The lowest BCUT2D eigenvalue weighted by atomic mass is 9.62. The van der Waals surface area contributed by atoms with Crippen LogP contribution in [-0.2, 0) is 15.6 Å². The number of ether oxygens (including phenoxy) is 1. The Morgan fingerprint density at radius 2 is 1.44 bits per heavy atom. The molecule has 0 N–H and O–H groups in total. The molecule has 1 aliphatic rings. The normalized spacial score (nSPS) is 17.1. The predicted molar refractivity (Wildman–Crippen MR) is 103 cm³/mol. The fourth-order valence-corrected chi connectivity index (χ4v) is 3.76. The van der Waals surface area contributed by atoms with Crippen molar-refractivity contribution in [3.05, 3.63) is 58.2 Å². The molecule has 0 saturated heterocycles. The molecule has 2 aromatic rings. The van der Waals surface area contributed by atoms with Crippen LogP contribution >= 0.6 is 0 Å². The Bertz CT molecular complexity index is 912. The highest BCUT2D eigenvalue weighted by Gasteiger charge is 2.38. The summed E-state index contributed by atoms with van der Waals surface area (Å²) in [6.07, 6.45) is 4.82. The highest BCUT2D eigenvalue weighted by atomic mass is 16.5. The fourth-order valence-electron chi connectivity index (χ4n) is 3.76. The number of hydrogen-bond acceptors (Lipinski definition) is 5. The van der Waals surface area contributed by atoms with E-state index in [4.69, 9.17) is 0 Å². The minimum atomic E-state index is -0.574. The van der Waals surface area contributed by atoms with Crippen LogP contribution in [0.1, 0.15) is 83.8 Å². The highest BCUT2D eigenvalue weighted by Crippen LogP contribution is 2.46. The molecule has 0 radical (unpaired) electrons. The fraction of sp³-hybridized carbons (Fsp3) is 0.455. The predicted octanol–water partition coefficient (Wildman–Crippen LogP) is 4.15. The van der Waals surface area contributed by atoms with Gasteiger partial charge in [0.1, 0.15) is 5.69 Å². The van der Waals surface area contributed by atoms with Crippen LogP contribution in [0.5, 0.6) is 0 Å². The first-order chi connectivity index (χ1) is 12.6. The minimum absolute atomic E-state index is 0.0218. The third-order valence-corrected chi connectivity index (χ3v) is 5.72. The van der Waals surface area contributed by atoms with Crippen LogP contribution < -0.4 is 0 Å². The molecule has 1 heterocycles. The molecule has 0 fully saturated rings. The van der Waals surface area contributed by atoms with E-state index >= 15 is 0 Å². The van der Waals surface area contributed by atoms with Crippen molar-refractivity contribution in [3.8, 4) is 0 Å². The number of ketones is 1. The van der Waals surface area contributed by atoms with Crippen molar-refractivity contribution in [2.24, 2.45) is 0 Å². The van der Waals surface area contributed by atoms with E-state index in [2.05, 4.69) is 48.5 Å². The van der Waals surface area contributed by atoms with E-state index in [0.29, 0.717) is 5.56 Å². The summed E-state index contributed by atoms with van der Waals surface area (Å²) in [7, 11) is 1.28. The first-order valence-electron chi connectivity index (χ1n) is 9.17. The number of aryl methyl sites for hydroxylation is 1. The summed E-state index contributed by atoms with van der Waals surface area (Å²) in [5.74, 6) is -0.756. The Labute approximate surface area is 160 Å². The van der Waals surface area contributed by atoms with Gasteiger partial charge >= 0.3 is 5.97 Å². The van der Waals surface area contributed by atoms with Crippen LogP contribution in [0.3, 0.4) is 0 Å². The van der Waals surface area contributed by atoms with Gasteiger partial charge in [-0.2, -0.15) is 0 Å². The summed E-state index contributed by atoms with van der Waals surface area (Å²) in [6.45, 7) is 10.9. The summed E-state index contributed by atoms with van der Waals surface area (Å²) in [6, 6.07) is 4.18. The average Bonchev–Trinajstić information content (AvgIpc) is 2.64. The topological polar surface area (TPSA) is 69.2 Å². The maximum absolute atomic E-state index is 13.1. The maximum Gasteiger partial charge on any atom is 0.358 e. The van der Waals surface area contributed by atoms with Crippen molar-refractivity contribution in [1.29, 1.82) is 0 Å². The number of carbonyl (C=O) groups excluding carboxylic acids is 2. The lowest BCUT2D eigenvalue weighted by molar-refractivity contribution is 0.0593. The number of carbonyl (C=O) groups is 2. The second-order valence-corrected chi connectivity index (χ2v) is 8.59. The Morgan fingerprint density at radius 1 is 0.926 bits per heavy atom. The molecule has 0 aliphatic heterocycles. The van der Waals surface area contributed by atoms with E-state index in [-0.39, 0.29) is 28.0 Å². The van der Waals surface area contributed by atoms with Crippen LogP contribution in [-0.4, -0.2) is 28.8 Å². The number of fused-ring (bicyclic) bond motifs is 1. The van der Waals surface area contributed by atoms with Crippen molar-refractivity contribution in [1.82, 2.24) is 9.97 Å². The molecule has 0 saturated carbocycles. The molecule has 0 unspecified atom stereocenters. The molecule has 1 aliphatic carbocycles. The van der Waals surface area contributed by atoms with E-state index in [1.165, 1.54) is 30.6 Å². The molecular formula is C22H26N2O3. The smallest absolute Gasteiger partial charge is 0.358 e. The van der Waals surface area contributed by atoms with E-state index in [0.717, 1.165) is 18.4 Å². The Balaban J connectivity index is 2.05. The molecule has 3 rings (SSSR count). The second kappa shape index (κ2) is 6.55. The molecule has 0 spiro atoms. The minimum Gasteiger partial charge on any atom is -0.464 e. The summed E-state index contributed by atoms with van der Waals surface area (Å²) < 4.78 is 4.62. The number of aromatic nitrogens is 2. The van der Waals surface area contributed by atoms with Crippen molar-refractivity contribution < 1.29 is 14.3 Å². The first kappa shape index (κ1) is 19.2. The summed E-state index contributed by atoms with van der Waals surface area (Å²) in [5.41, 5.74) is 4.54. The quantitative estimate of drug-likeness (QED) is 0.603. The second-order valence-electron chi connectivity index (χ2n) is 8.59. The average molecular weight is 366 g/mol. The third-order valence-electron chi connectivity index (χ3n) is 5.72. The number of nitrogens with zero attached hydrogens (tertiary/aromatic N) is 2. The van der Waals surface area contributed by atoms with Gasteiger partial charge in [-0.15, -0.1) is 0 Å². The standard InChI is InChI=1S/C22H26N2O3/c1-13-9-15-16(22(4,5)8-7-21(15,2)3)10-14(13)19(25)17-11-24-18(12-23-17)20(26)27-6/h9-12H,7-8H2,1-6H3. The van der Waals surface area contributed by atoms with E-state index in [1.807, 2.05) is 13.0 Å².